The van der Waals surface area contributed by atoms with Gasteiger partial charge in [-0.2, -0.15) is 0 Å². The summed E-state index contributed by atoms with van der Waals surface area (Å²) >= 11 is 0. The molecular formula is C12H12F2N2O. The number of hydrogen-bond acceptors (Lipinski definition) is 3. The molecular weight excluding hydrogens is 226 g/mol. The first kappa shape index (κ1) is 11.4. The van der Waals surface area contributed by atoms with Gasteiger partial charge in [-0.25, -0.2) is 8.78 Å². The lowest BCUT2D eigenvalue weighted by atomic mass is 10.2. The van der Waals surface area contributed by atoms with Crippen LogP contribution in [0.15, 0.2) is 34.9 Å². The molecule has 2 aromatic rings. The van der Waals surface area contributed by atoms with E-state index in [9.17, 15) is 8.78 Å². The molecule has 0 aliphatic heterocycles. The first-order valence-electron chi connectivity index (χ1n) is 5.06. The molecule has 5 heteroatoms. The third kappa shape index (κ3) is 2.22. The number of hydrogen-bond donors (Lipinski definition) is 1. The van der Waals surface area contributed by atoms with Gasteiger partial charge in [0.05, 0.1) is 24.2 Å². The van der Waals surface area contributed by atoms with Crippen LogP contribution in [0.2, 0.25) is 0 Å². The normalized spacial score (nSPS) is 10.5. The van der Waals surface area contributed by atoms with Crippen molar-refractivity contribution in [2.24, 2.45) is 0 Å². The first-order valence-corrected chi connectivity index (χ1v) is 5.06. The van der Waals surface area contributed by atoms with Gasteiger partial charge < -0.3 is 15.1 Å². The van der Waals surface area contributed by atoms with Crippen LogP contribution in [0.25, 0.3) is 0 Å². The molecule has 1 aromatic heterocycles. The molecule has 0 radical (unpaired) electrons. The highest BCUT2D eigenvalue weighted by Crippen LogP contribution is 2.28. The average molecular weight is 238 g/mol. The van der Waals surface area contributed by atoms with Crippen LogP contribution in [0.5, 0.6) is 0 Å². The highest BCUT2D eigenvalue weighted by atomic mass is 19.2. The lowest BCUT2D eigenvalue weighted by Crippen LogP contribution is -2.19. The summed E-state index contributed by atoms with van der Waals surface area (Å²) in [6, 6.07) is 5.83. The molecule has 0 unspecified atom stereocenters. The maximum absolute atomic E-state index is 13.6. The molecule has 0 bridgehead atoms. The Morgan fingerprint density at radius 3 is 2.71 bits per heavy atom. The highest BCUT2D eigenvalue weighted by Gasteiger charge is 2.16. The number of benzene rings is 1. The Balaban J connectivity index is 2.30. The maximum atomic E-state index is 13.6. The molecule has 0 spiro atoms. The van der Waals surface area contributed by atoms with Gasteiger partial charge in [0, 0.05) is 7.05 Å². The molecule has 0 saturated heterocycles. The SMILES string of the molecule is CN(Cc1ccco1)c1c(N)ccc(F)c1F. The summed E-state index contributed by atoms with van der Waals surface area (Å²) in [4.78, 5) is 1.51. The number of furan rings is 1. The van der Waals surface area contributed by atoms with Crippen LogP contribution in [-0.4, -0.2) is 7.05 Å². The summed E-state index contributed by atoms with van der Waals surface area (Å²) in [5, 5.41) is 0. The Kier molecular flexibility index (Phi) is 2.99. The van der Waals surface area contributed by atoms with Gasteiger partial charge in [0.15, 0.2) is 11.6 Å². The van der Waals surface area contributed by atoms with E-state index < -0.39 is 11.6 Å². The molecule has 0 aliphatic carbocycles. The second kappa shape index (κ2) is 4.45. The van der Waals surface area contributed by atoms with Crippen molar-refractivity contribution in [2.75, 3.05) is 17.7 Å². The quantitative estimate of drug-likeness (QED) is 0.836. The second-order valence-corrected chi connectivity index (χ2v) is 3.73. The van der Waals surface area contributed by atoms with Crippen LogP contribution in [-0.2, 0) is 6.54 Å². The van der Waals surface area contributed by atoms with E-state index in [-0.39, 0.29) is 11.4 Å². The smallest absolute Gasteiger partial charge is 0.184 e. The maximum Gasteiger partial charge on any atom is 0.184 e. The van der Waals surface area contributed by atoms with Crippen LogP contribution in [0.1, 0.15) is 5.76 Å². The molecule has 2 rings (SSSR count). The summed E-state index contributed by atoms with van der Waals surface area (Å²) in [7, 11) is 1.62. The molecule has 0 aliphatic rings. The van der Waals surface area contributed by atoms with E-state index in [1.807, 2.05) is 0 Å². The molecule has 3 nitrogen and oxygen atoms in total. The van der Waals surface area contributed by atoms with Crippen molar-refractivity contribution in [3.05, 3.63) is 47.9 Å². The molecule has 0 fully saturated rings. The van der Waals surface area contributed by atoms with Crippen LogP contribution in [0.3, 0.4) is 0 Å². The lowest BCUT2D eigenvalue weighted by Gasteiger charge is -2.20. The Morgan fingerprint density at radius 1 is 1.29 bits per heavy atom. The molecule has 2 N–H and O–H groups in total. The summed E-state index contributed by atoms with van der Waals surface area (Å²) in [5.74, 6) is -1.21. The predicted octanol–water partition coefficient (Wildman–Crippen LogP) is 2.78. The minimum absolute atomic E-state index is 0.0430. The number of nitrogens with zero attached hydrogens (tertiary/aromatic N) is 1. The van der Waals surface area contributed by atoms with Crippen molar-refractivity contribution < 1.29 is 13.2 Å². The van der Waals surface area contributed by atoms with Crippen molar-refractivity contribution in [1.82, 2.24) is 0 Å². The highest BCUT2D eigenvalue weighted by molar-refractivity contribution is 5.68. The largest absolute Gasteiger partial charge is 0.467 e. The first-order chi connectivity index (χ1) is 8.09. The Labute approximate surface area is 97.4 Å². The van der Waals surface area contributed by atoms with Gasteiger partial charge in [-0.15, -0.1) is 0 Å². The van der Waals surface area contributed by atoms with Crippen LogP contribution >= 0.6 is 0 Å². The van der Waals surface area contributed by atoms with Crippen LogP contribution in [0.4, 0.5) is 20.2 Å². The van der Waals surface area contributed by atoms with Crippen molar-refractivity contribution in [3.63, 3.8) is 0 Å². The van der Waals surface area contributed by atoms with Gasteiger partial charge in [0.1, 0.15) is 5.76 Å². The van der Waals surface area contributed by atoms with E-state index in [1.165, 1.54) is 17.2 Å². The third-order valence-electron chi connectivity index (χ3n) is 2.46. The van der Waals surface area contributed by atoms with Gasteiger partial charge in [-0.05, 0) is 24.3 Å². The van der Waals surface area contributed by atoms with Gasteiger partial charge in [-0.3, -0.25) is 0 Å². The molecule has 1 aromatic carbocycles. The molecule has 0 amide bonds. The van der Waals surface area contributed by atoms with Crippen molar-refractivity contribution in [2.45, 2.75) is 6.54 Å². The fraction of sp³-hybridized carbons (Fsp3) is 0.167. The van der Waals surface area contributed by atoms with Crippen molar-refractivity contribution in [1.29, 1.82) is 0 Å². The number of halogens is 2. The molecule has 0 saturated carbocycles. The van der Waals surface area contributed by atoms with E-state index in [0.717, 1.165) is 6.07 Å². The molecule has 17 heavy (non-hydrogen) atoms. The van der Waals surface area contributed by atoms with Gasteiger partial charge >= 0.3 is 0 Å². The van der Waals surface area contributed by atoms with E-state index in [2.05, 4.69) is 0 Å². The zero-order valence-electron chi connectivity index (χ0n) is 9.28. The van der Waals surface area contributed by atoms with Gasteiger partial charge in [0.2, 0.25) is 0 Å². The average Bonchev–Trinajstić information content (AvgIpc) is 2.77. The monoisotopic (exact) mass is 238 g/mol. The number of nitrogen functional groups attached to an aromatic ring is 1. The third-order valence-corrected chi connectivity index (χ3v) is 2.46. The fourth-order valence-corrected chi connectivity index (χ4v) is 1.66. The summed E-state index contributed by atoms with van der Waals surface area (Å²) in [6.07, 6.45) is 1.52. The lowest BCUT2D eigenvalue weighted by molar-refractivity contribution is 0.494. The van der Waals surface area contributed by atoms with Crippen LogP contribution < -0.4 is 10.6 Å². The molecule has 1 heterocycles. The predicted molar refractivity (Wildman–Crippen MR) is 61.6 cm³/mol. The van der Waals surface area contributed by atoms with Gasteiger partial charge in [-0.1, -0.05) is 0 Å². The molecule has 0 atom stereocenters. The summed E-state index contributed by atoms with van der Waals surface area (Å²) < 4.78 is 31.9. The number of rotatable bonds is 3. The van der Waals surface area contributed by atoms with Gasteiger partial charge in [0.25, 0.3) is 0 Å². The summed E-state index contributed by atoms with van der Waals surface area (Å²) in [5.41, 5.74) is 5.88. The Bertz CT molecular complexity index is 511. The van der Waals surface area contributed by atoms with Crippen LogP contribution in [0, 0.1) is 11.6 Å². The van der Waals surface area contributed by atoms with E-state index in [4.69, 9.17) is 10.2 Å². The molecule has 90 valence electrons. The van der Waals surface area contributed by atoms with Crippen molar-refractivity contribution in [3.8, 4) is 0 Å². The minimum atomic E-state index is -0.945. The van der Waals surface area contributed by atoms with E-state index in [1.54, 1.807) is 19.2 Å². The standard InChI is InChI=1S/C12H12F2N2O/c1-16(7-8-3-2-6-17-8)12-10(15)5-4-9(13)11(12)14/h2-6H,7,15H2,1H3. The van der Waals surface area contributed by atoms with Crippen molar-refractivity contribution >= 4 is 11.4 Å². The van der Waals surface area contributed by atoms with E-state index >= 15 is 0 Å². The topological polar surface area (TPSA) is 42.4 Å². The number of nitrogens with two attached hydrogens (primary N) is 1. The zero-order valence-corrected chi connectivity index (χ0v) is 9.28. The fourth-order valence-electron chi connectivity index (χ4n) is 1.66. The second-order valence-electron chi connectivity index (χ2n) is 3.73. The minimum Gasteiger partial charge on any atom is -0.467 e. The Hall–Kier alpha value is -2.04. The zero-order chi connectivity index (χ0) is 12.4. The van der Waals surface area contributed by atoms with E-state index in [0.29, 0.717) is 12.3 Å². The Morgan fingerprint density at radius 2 is 2.06 bits per heavy atom. The summed E-state index contributed by atoms with van der Waals surface area (Å²) in [6.45, 7) is 0.317. The number of anilines is 2.